The van der Waals surface area contributed by atoms with Gasteiger partial charge in [-0.15, -0.1) is 0 Å². The lowest BCUT2D eigenvalue weighted by atomic mass is 9.93. The van der Waals surface area contributed by atoms with Gasteiger partial charge in [0, 0.05) is 44.4 Å². The summed E-state index contributed by atoms with van der Waals surface area (Å²) < 4.78 is 16.3. The number of nitrogens with one attached hydrogen (secondary N) is 1. The first-order valence-electron chi connectivity index (χ1n) is 11.2. The Labute approximate surface area is 195 Å². The van der Waals surface area contributed by atoms with Crippen molar-refractivity contribution in [3.8, 4) is 17.4 Å². The van der Waals surface area contributed by atoms with E-state index in [0.29, 0.717) is 43.4 Å². The van der Waals surface area contributed by atoms with Crippen LogP contribution in [-0.4, -0.2) is 47.7 Å². The first kappa shape index (κ1) is 24.4. The summed E-state index contributed by atoms with van der Waals surface area (Å²) in [5, 5.41) is 2.95. The molecule has 1 aliphatic heterocycles. The molecule has 33 heavy (non-hydrogen) atoms. The Morgan fingerprint density at radius 1 is 1.12 bits per heavy atom. The van der Waals surface area contributed by atoms with E-state index < -0.39 is 5.60 Å². The monoisotopic (exact) mass is 455 g/mol. The Morgan fingerprint density at radius 3 is 2.48 bits per heavy atom. The van der Waals surface area contributed by atoms with Crippen molar-refractivity contribution >= 4 is 12.0 Å². The van der Waals surface area contributed by atoms with Gasteiger partial charge in [0.15, 0.2) is 0 Å². The lowest BCUT2D eigenvalue weighted by Crippen LogP contribution is -2.42. The summed E-state index contributed by atoms with van der Waals surface area (Å²) in [7, 11) is 1.60. The average Bonchev–Trinajstić information content (AvgIpc) is 2.78. The van der Waals surface area contributed by atoms with Crippen LogP contribution in [0.5, 0.6) is 17.4 Å². The molecule has 2 heterocycles. The van der Waals surface area contributed by atoms with Gasteiger partial charge in [0.25, 0.3) is 0 Å². The van der Waals surface area contributed by atoms with Crippen LogP contribution < -0.4 is 14.8 Å². The number of piperidine rings is 1. The molecule has 1 aromatic heterocycles. The van der Waals surface area contributed by atoms with Crippen molar-refractivity contribution in [3.05, 3.63) is 48.2 Å². The Hall–Kier alpha value is -3.29. The van der Waals surface area contributed by atoms with E-state index in [2.05, 4.69) is 10.3 Å². The summed E-state index contributed by atoms with van der Waals surface area (Å²) in [6, 6.07) is 11.0. The van der Waals surface area contributed by atoms with E-state index in [1.54, 1.807) is 30.3 Å². The number of aromatic nitrogens is 1. The van der Waals surface area contributed by atoms with Crippen LogP contribution in [0.2, 0.25) is 0 Å². The molecule has 3 rings (SSSR count). The second-order valence-corrected chi connectivity index (χ2v) is 9.18. The van der Waals surface area contributed by atoms with Gasteiger partial charge in [-0.05, 0) is 57.2 Å². The molecule has 0 unspecified atom stereocenters. The highest BCUT2D eigenvalue weighted by atomic mass is 16.6. The van der Waals surface area contributed by atoms with Crippen molar-refractivity contribution in [1.82, 2.24) is 15.2 Å². The average molecular weight is 456 g/mol. The molecule has 8 heteroatoms. The van der Waals surface area contributed by atoms with E-state index in [-0.39, 0.29) is 17.9 Å². The molecule has 2 amide bonds. The maximum atomic E-state index is 12.4. The molecule has 1 N–H and O–H groups in total. The van der Waals surface area contributed by atoms with Gasteiger partial charge in [-0.2, -0.15) is 0 Å². The van der Waals surface area contributed by atoms with Crippen molar-refractivity contribution in [1.29, 1.82) is 0 Å². The summed E-state index contributed by atoms with van der Waals surface area (Å²) in [5.74, 6) is 2.08. The third kappa shape index (κ3) is 7.97. The minimum absolute atomic E-state index is 0.00225. The van der Waals surface area contributed by atoms with Gasteiger partial charge in [-0.25, -0.2) is 9.78 Å². The fraction of sp³-hybridized carbons (Fsp3) is 0.480. The number of pyridine rings is 1. The van der Waals surface area contributed by atoms with Gasteiger partial charge < -0.3 is 24.4 Å². The number of ether oxygens (including phenoxy) is 3. The molecule has 0 bridgehead atoms. The quantitative estimate of drug-likeness (QED) is 0.659. The Kier molecular flexibility index (Phi) is 8.14. The van der Waals surface area contributed by atoms with Crippen LogP contribution in [-0.2, 0) is 16.1 Å². The normalized spacial score (nSPS) is 14.5. The summed E-state index contributed by atoms with van der Waals surface area (Å²) in [6.45, 7) is 7.22. The van der Waals surface area contributed by atoms with E-state index in [9.17, 15) is 9.59 Å². The molecular weight excluding hydrogens is 422 g/mol. The number of hydrogen-bond donors (Lipinski definition) is 1. The van der Waals surface area contributed by atoms with E-state index >= 15 is 0 Å². The maximum Gasteiger partial charge on any atom is 0.410 e. The molecule has 0 atom stereocenters. The predicted octanol–water partition coefficient (Wildman–Crippen LogP) is 4.54. The molecule has 1 saturated heterocycles. The molecule has 178 valence electrons. The highest BCUT2D eigenvalue weighted by Gasteiger charge is 2.27. The van der Waals surface area contributed by atoms with Crippen LogP contribution in [0, 0.1) is 5.92 Å². The second kappa shape index (κ2) is 11.0. The Balaban J connectivity index is 1.39. The molecule has 0 saturated carbocycles. The topological polar surface area (TPSA) is 90.0 Å². The zero-order valence-electron chi connectivity index (χ0n) is 19.8. The lowest BCUT2D eigenvalue weighted by molar-refractivity contribution is -0.122. The van der Waals surface area contributed by atoms with Crippen molar-refractivity contribution in [2.45, 2.75) is 52.2 Å². The number of benzene rings is 1. The molecular formula is C25H33N3O5. The zero-order chi connectivity index (χ0) is 23.8. The molecule has 1 aliphatic rings. The van der Waals surface area contributed by atoms with Crippen LogP contribution >= 0.6 is 0 Å². The number of hydrogen-bond acceptors (Lipinski definition) is 6. The van der Waals surface area contributed by atoms with Crippen LogP contribution in [0.1, 0.15) is 45.6 Å². The third-order valence-corrected chi connectivity index (χ3v) is 5.29. The summed E-state index contributed by atoms with van der Waals surface area (Å²) in [5.41, 5.74) is 0.392. The Morgan fingerprint density at radius 2 is 1.85 bits per heavy atom. The molecule has 0 aliphatic carbocycles. The van der Waals surface area contributed by atoms with Crippen LogP contribution in [0.4, 0.5) is 4.79 Å². The number of rotatable bonds is 7. The molecule has 0 spiro atoms. The Bertz CT molecular complexity index is 932. The number of likely N-dealkylation sites (tertiary alicyclic amines) is 1. The minimum atomic E-state index is -0.498. The standard InChI is InChI=1S/C25H33N3O5/c1-25(2,3)33-24(30)28-12-10-18(11-13-28)14-22(29)26-16-19-8-9-23(27-17-19)32-21-7-5-6-20(15-21)31-4/h5-9,15,17-18H,10-14,16H2,1-4H3,(H,26,29). The van der Waals surface area contributed by atoms with Gasteiger partial charge in [0.05, 0.1) is 7.11 Å². The smallest absolute Gasteiger partial charge is 0.410 e. The summed E-state index contributed by atoms with van der Waals surface area (Å²) in [4.78, 5) is 30.6. The summed E-state index contributed by atoms with van der Waals surface area (Å²) >= 11 is 0. The third-order valence-electron chi connectivity index (χ3n) is 5.29. The maximum absolute atomic E-state index is 12.4. The van der Waals surface area contributed by atoms with Gasteiger partial charge in [0.1, 0.15) is 17.1 Å². The van der Waals surface area contributed by atoms with Crippen molar-refractivity contribution in [2.24, 2.45) is 5.92 Å². The van der Waals surface area contributed by atoms with Crippen LogP contribution in [0.25, 0.3) is 0 Å². The predicted molar refractivity (Wildman–Crippen MR) is 124 cm³/mol. The van der Waals surface area contributed by atoms with E-state index in [4.69, 9.17) is 14.2 Å². The first-order chi connectivity index (χ1) is 15.7. The number of methoxy groups -OCH3 is 1. The minimum Gasteiger partial charge on any atom is -0.497 e. The SMILES string of the molecule is COc1cccc(Oc2ccc(CNC(=O)CC3CCN(C(=O)OC(C)(C)C)CC3)cn2)c1. The van der Waals surface area contributed by atoms with E-state index in [1.807, 2.05) is 45.0 Å². The van der Waals surface area contributed by atoms with Gasteiger partial charge in [0.2, 0.25) is 11.8 Å². The van der Waals surface area contributed by atoms with Crippen LogP contribution in [0.3, 0.4) is 0 Å². The van der Waals surface area contributed by atoms with E-state index in [1.165, 1.54) is 0 Å². The fourth-order valence-electron chi connectivity index (χ4n) is 3.54. The van der Waals surface area contributed by atoms with Gasteiger partial charge in [-0.3, -0.25) is 4.79 Å². The lowest BCUT2D eigenvalue weighted by Gasteiger charge is -2.33. The molecule has 1 aromatic carbocycles. The van der Waals surface area contributed by atoms with Crippen LogP contribution in [0.15, 0.2) is 42.6 Å². The van der Waals surface area contributed by atoms with Gasteiger partial charge in [-0.1, -0.05) is 12.1 Å². The van der Waals surface area contributed by atoms with Gasteiger partial charge >= 0.3 is 6.09 Å². The largest absolute Gasteiger partial charge is 0.497 e. The number of carbonyl (C=O) groups excluding carboxylic acids is 2. The highest BCUT2D eigenvalue weighted by molar-refractivity contribution is 5.76. The number of carbonyl (C=O) groups is 2. The van der Waals surface area contributed by atoms with Crippen molar-refractivity contribution < 1.29 is 23.8 Å². The highest BCUT2D eigenvalue weighted by Crippen LogP contribution is 2.24. The van der Waals surface area contributed by atoms with Crippen molar-refractivity contribution in [3.63, 3.8) is 0 Å². The number of amides is 2. The fourth-order valence-corrected chi connectivity index (χ4v) is 3.54. The van der Waals surface area contributed by atoms with Crippen molar-refractivity contribution in [2.75, 3.05) is 20.2 Å². The van der Waals surface area contributed by atoms with E-state index in [0.717, 1.165) is 18.4 Å². The molecule has 0 radical (unpaired) electrons. The first-order valence-corrected chi connectivity index (χ1v) is 11.2. The summed E-state index contributed by atoms with van der Waals surface area (Å²) in [6.07, 6.45) is 3.45. The second-order valence-electron chi connectivity index (χ2n) is 9.18. The number of nitrogens with zero attached hydrogens (tertiary/aromatic N) is 2. The molecule has 1 fully saturated rings. The molecule has 8 nitrogen and oxygen atoms in total. The zero-order valence-corrected chi connectivity index (χ0v) is 19.8. The molecule has 2 aromatic rings.